The molecule has 2 aromatic carbocycles. The van der Waals surface area contributed by atoms with Crippen molar-refractivity contribution in [3.8, 4) is 6.07 Å². The molecule has 2 aliphatic rings. The molecule has 0 spiro atoms. The van der Waals surface area contributed by atoms with Gasteiger partial charge in [-0.15, -0.1) is 0 Å². The molecule has 1 aromatic heterocycles. The minimum absolute atomic E-state index is 0.0599. The Bertz CT molecular complexity index is 1710. The number of carbonyl (C=O) groups is 1. The van der Waals surface area contributed by atoms with E-state index in [0.717, 1.165) is 23.5 Å². The van der Waals surface area contributed by atoms with Crippen molar-refractivity contribution in [3.63, 3.8) is 0 Å². The minimum Gasteiger partial charge on any atom is -0.366 e. The van der Waals surface area contributed by atoms with Crippen molar-refractivity contribution >= 4 is 28.2 Å². The summed E-state index contributed by atoms with van der Waals surface area (Å²) in [5.41, 5.74) is -1.22. The number of morpholine rings is 1. The third kappa shape index (κ3) is 5.65. The number of ether oxygens (including phenoxy) is 1. The monoisotopic (exact) mass is 582 g/mol. The Morgan fingerprint density at radius 3 is 2.62 bits per heavy atom. The number of benzene rings is 2. The number of aliphatic hydroxyl groups is 1. The highest BCUT2D eigenvalue weighted by molar-refractivity contribution is 5.94. The zero-order valence-corrected chi connectivity index (χ0v) is 23.5. The van der Waals surface area contributed by atoms with Gasteiger partial charge in [0, 0.05) is 31.4 Å². The van der Waals surface area contributed by atoms with Crippen LogP contribution in [0.1, 0.15) is 45.2 Å². The maximum atomic E-state index is 16.0. The van der Waals surface area contributed by atoms with Crippen LogP contribution >= 0.6 is 0 Å². The van der Waals surface area contributed by atoms with Crippen molar-refractivity contribution in [2.75, 3.05) is 30.3 Å². The van der Waals surface area contributed by atoms with Crippen LogP contribution in [0.3, 0.4) is 0 Å². The summed E-state index contributed by atoms with van der Waals surface area (Å²) in [5.74, 6) is -3.95. The molecule has 11 nitrogen and oxygen atoms in total. The maximum Gasteiger partial charge on any atom is 0.331 e. The first-order chi connectivity index (χ1) is 19.9. The molecular weight excluding hydrogens is 550 g/mol. The largest absolute Gasteiger partial charge is 0.366 e. The third-order valence-corrected chi connectivity index (χ3v) is 7.63. The standard InChI is InChI=1S/C29H32F2N6O5/c1-16(2)37-22-9-8-21(25(31)24(22)27(39)36(28(37)40)14-17-4-5-17)34-29(3,41)35-10-11-42-23(15-35)26(38)33-19-7-6-18(13-32)20(30)12-19/h6-9,12,16-17,23,34,41H,4-5,10-11,14-15H2,1-3H3,(H,33,38)/t23-,29?/m1/s1. The van der Waals surface area contributed by atoms with Crippen molar-refractivity contribution in [1.29, 1.82) is 5.26 Å². The number of amides is 1. The zero-order chi connectivity index (χ0) is 30.3. The second kappa shape index (κ2) is 11.3. The highest BCUT2D eigenvalue weighted by Gasteiger charge is 2.37. The number of hydrogen-bond acceptors (Lipinski definition) is 8. The van der Waals surface area contributed by atoms with Gasteiger partial charge in [0.15, 0.2) is 11.7 Å². The first kappa shape index (κ1) is 29.4. The van der Waals surface area contributed by atoms with E-state index in [1.165, 1.54) is 40.7 Å². The molecule has 222 valence electrons. The number of nitrogens with one attached hydrogen (secondary N) is 2. The van der Waals surface area contributed by atoms with E-state index in [-0.39, 0.29) is 66.0 Å². The number of anilines is 2. The average Bonchev–Trinajstić information content (AvgIpc) is 3.77. The number of nitrogens with zero attached hydrogens (tertiary/aromatic N) is 4. The Morgan fingerprint density at radius 1 is 1.24 bits per heavy atom. The smallest absolute Gasteiger partial charge is 0.331 e. The van der Waals surface area contributed by atoms with E-state index < -0.39 is 40.7 Å². The molecule has 0 bridgehead atoms. The SMILES string of the molecule is CC(C)n1c(=O)n(CC2CC2)c(=O)c2c(F)c(NC(C)(O)N3CCO[C@@H](C(=O)Nc4ccc(C#N)c(F)c4)C3)ccc21. The summed E-state index contributed by atoms with van der Waals surface area (Å²) in [5, 5.41) is 25.3. The first-order valence-electron chi connectivity index (χ1n) is 13.8. The molecule has 1 saturated heterocycles. The van der Waals surface area contributed by atoms with E-state index in [2.05, 4.69) is 10.6 Å². The molecule has 1 aliphatic heterocycles. The van der Waals surface area contributed by atoms with Crippen LogP contribution in [0.2, 0.25) is 0 Å². The fourth-order valence-electron chi connectivity index (χ4n) is 5.18. The van der Waals surface area contributed by atoms with Crippen LogP contribution in [0, 0.1) is 28.9 Å². The minimum atomic E-state index is -1.88. The van der Waals surface area contributed by atoms with Crippen molar-refractivity contribution in [3.05, 3.63) is 68.4 Å². The second-order valence-corrected chi connectivity index (χ2v) is 11.2. The van der Waals surface area contributed by atoms with Crippen LogP contribution in [0.5, 0.6) is 0 Å². The summed E-state index contributed by atoms with van der Waals surface area (Å²) in [6, 6.07) is 7.87. The summed E-state index contributed by atoms with van der Waals surface area (Å²) < 4.78 is 38.0. The summed E-state index contributed by atoms with van der Waals surface area (Å²) >= 11 is 0. The zero-order valence-electron chi connectivity index (χ0n) is 23.5. The van der Waals surface area contributed by atoms with Crippen LogP contribution < -0.4 is 21.9 Å². The summed E-state index contributed by atoms with van der Waals surface area (Å²) in [4.78, 5) is 40.8. The van der Waals surface area contributed by atoms with Gasteiger partial charge in [0.25, 0.3) is 11.5 Å². The maximum absolute atomic E-state index is 16.0. The van der Waals surface area contributed by atoms with Crippen molar-refractivity contribution < 1.29 is 23.4 Å². The van der Waals surface area contributed by atoms with Gasteiger partial charge in [0.2, 0.25) is 0 Å². The van der Waals surface area contributed by atoms with Gasteiger partial charge in [-0.2, -0.15) is 5.26 Å². The molecule has 13 heteroatoms. The van der Waals surface area contributed by atoms with Crippen LogP contribution in [0.4, 0.5) is 20.2 Å². The highest BCUT2D eigenvalue weighted by Crippen LogP contribution is 2.31. The highest BCUT2D eigenvalue weighted by atomic mass is 19.1. The van der Waals surface area contributed by atoms with E-state index >= 15 is 4.39 Å². The Morgan fingerprint density at radius 2 is 1.98 bits per heavy atom. The molecule has 2 fully saturated rings. The lowest BCUT2D eigenvalue weighted by Gasteiger charge is -2.42. The molecule has 5 rings (SSSR count). The number of rotatable bonds is 8. The average molecular weight is 583 g/mol. The van der Waals surface area contributed by atoms with E-state index in [9.17, 15) is 23.9 Å². The molecule has 1 amide bonds. The van der Waals surface area contributed by atoms with E-state index in [1.54, 1.807) is 19.9 Å². The van der Waals surface area contributed by atoms with Gasteiger partial charge >= 0.3 is 5.69 Å². The Kier molecular flexibility index (Phi) is 7.89. The van der Waals surface area contributed by atoms with Gasteiger partial charge < -0.3 is 20.5 Å². The topological polar surface area (TPSA) is 142 Å². The number of nitriles is 1. The predicted octanol–water partition coefficient (Wildman–Crippen LogP) is 2.72. The van der Waals surface area contributed by atoms with Crippen LogP contribution in [-0.4, -0.2) is 56.7 Å². The summed E-state index contributed by atoms with van der Waals surface area (Å²) in [6.45, 7) is 5.32. The lowest BCUT2D eigenvalue weighted by molar-refractivity contribution is -0.152. The summed E-state index contributed by atoms with van der Waals surface area (Å²) in [6.07, 6.45) is 0.755. The van der Waals surface area contributed by atoms with Gasteiger partial charge in [-0.25, -0.2) is 13.6 Å². The van der Waals surface area contributed by atoms with Gasteiger partial charge in [0.05, 0.1) is 23.4 Å². The number of hydrogen-bond donors (Lipinski definition) is 3. The fourth-order valence-corrected chi connectivity index (χ4v) is 5.18. The molecule has 1 unspecified atom stereocenters. The normalized spacial score (nSPS) is 19.0. The predicted molar refractivity (Wildman–Crippen MR) is 151 cm³/mol. The summed E-state index contributed by atoms with van der Waals surface area (Å²) in [7, 11) is 0. The van der Waals surface area contributed by atoms with Crippen LogP contribution in [0.25, 0.3) is 10.9 Å². The first-order valence-corrected chi connectivity index (χ1v) is 13.8. The van der Waals surface area contributed by atoms with Crippen LogP contribution in [-0.2, 0) is 16.1 Å². The Labute approximate surface area is 239 Å². The third-order valence-electron chi connectivity index (χ3n) is 7.63. The molecule has 2 heterocycles. The second-order valence-electron chi connectivity index (χ2n) is 11.2. The lowest BCUT2D eigenvalue weighted by atomic mass is 10.1. The number of aromatic nitrogens is 2. The van der Waals surface area contributed by atoms with Crippen LogP contribution in [0.15, 0.2) is 39.9 Å². The molecule has 0 radical (unpaired) electrons. The van der Waals surface area contributed by atoms with Gasteiger partial charge in [-0.3, -0.25) is 23.6 Å². The van der Waals surface area contributed by atoms with Crippen molar-refractivity contribution in [2.24, 2.45) is 5.92 Å². The lowest BCUT2D eigenvalue weighted by Crippen LogP contribution is -2.60. The fraction of sp³-hybridized carbons (Fsp3) is 0.448. The number of carbonyl (C=O) groups excluding carboxylic acids is 1. The Balaban J connectivity index is 1.39. The molecule has 1 saturated carbocycles. The Hall–Kier alpha value is -4.12. The van der Waals surface area contributed by atoms with E-state index in [0.29, 0.717) is 0 Å². The van der Waals surface area contributed by atoms with Gasteiger partial charge in [-0.1, -0.05) is 0 Å². The molecule has 2 atom stereocenters. The molecular formula is C29H32F2N6O5. The molecule has 1 aliphatic carbocycles. The van der Waals surface area contributed by atoms with Gasteiger partial charge in [0.1, 0.15) is 23.4 Å². The quantitative estimate of drug-likeness (QED) is 0.345. The molecule has 3 aromatic rings. The number of fused-ring (bicyclic) bond motifs is 1. The van der Waals surface area contributed by atoms with E-state index in [1.807, 2.05) is 0 Å². The van der Waals surface area contributed by atoms with E-state index in [4.69, 9.17) is 10.00 Å². The van der Waals surface area contributed by atoms with Crippen molar-refractivity contribution in [2.45, 2.75) is 58.2 Å². The molecule has 42 heavy (non-hydrogen) atoms. The number of halogens is 2. The van der Waals surface area contributed by atoms with Gasteiger partial charge in [-0.05, 0) is 69.9 Å². The van der Waals surface area contributed by atoms with Crippen molar-refractivity contribution in [1.82, 2.24) is 14.0 Å². The molecule has 3 N–H and O–H groups in total.